The molecule has 0 amide bonds. The Labute approximate surface area is 85.3 Å². The molecule has 1 heterocycles. The quantitative estimate of drug-likeness (QED) is 0.745. The number of aromatic amines is 1. The van der Waals surface area contributed by atoms with Gasteiger partial charge in [0.25, 0.3) is 0 Å². The Morgan fingerprint density at radius 1 is 1.00 bits per heavy atom. The normalized spacial score (nSPS) is 20.4. The number of aromatic nitrogens is 3. The van der Waals surface area contributed by atoms with Crippen LogP contribution in [-0.2, 0) is 0 Å². The van der Waals surface area contributed by atoms with Crippen LogP contribution in [0.1, 0.15) is 62.3 Å². The van der Waals surface area contributed by atoms with Crippen LogP contribution >= 0.6 is 0 Å². The zero-order chi connectivity index (χ0) is 9.80. The van der Waals surface area contributed by atoms with E-state index in [-0.39, 0.29) is 0 Å². The lowest BCUT2D eigenvalue weighted by Gasteiger charge is -2.17. The molecule has 3 nitrogen and oxygen atoms in total. The van der Waals surface area contributed by atoms with E-state index in [1.165, 1.54) is 50.6 Å². The molecule has 0 unspecified atom stereocenters. The first-order valence-corrected chi connectivity index (χ1v) is 5.75. The van der Waals surface area contributed by atoms with Gasteiger partial charge in [0.05, 0.1) is 11.4 Å². The van der Waals surface area contributed by atoms with E-state index < -0.39 is 0 Å². The average Bonchev–Trinajstić information content (AvgIpc) is 2.51. The maximum absolute atomic E-state index is 4.28. The monoisotopic (exact) mass is 193 g/mol. The maximum Gasteiger partial charge on any atom is 0.0884 e. The van der Waals surface area contributed by atoms with E-state index in [0.717, 1.165) is 5.69 Å². The van der Waals surface area contributed by atoms with Crippen LogP contribution in [0.4, 0.5) is 0 Å². The summed E-state index contributed by atoms with van der Waals surface area (Å²) in [6.45, 7) is 2.05. The fourth-order valence-electron chi connectivity index (χ4n) is 2.41. The van der Waals surface area contributed by atoms with E-state index >= 15 is 0 Å². The van der Waals surface area contributed by atoms with E-state index in [1.54, 1.807) is 0 Å². The molecule has 1 aliphatic rings. The van der Waals surface area contributed by atoms with Crippen molar-refractivity contribution in [1.29, 1.82) is 0 Å². The minimum absolute atomic E-state index is 0.661. The van der Waals surface area contributed by atoms with Crippen LogP contribution in [0.15, 0.2) is 0 Å². The van der Waals surface area contributed by atoms with Gasteiger partial charge in [0.2, 0.25) is 0 Å². The highest BCUT2D eigenvalue weighted by atomic mass is 15.3. The molecule has 0 bridgehead atoms. The van der Waals surface area contributed by atoms with Crippen LogP contribution in [0.25, 0.3) is 0 Å². The van der Waals surface area contributed by atoms with Crippen molar-refractivity contribution >= 4 is 0 Å². The van der Waals surface area contributed by atoms with Crippen molar-refractivity contribution in [2.45, 2.75) is 57.8 Å². The third-order valence-corrected chi connectivity index (χ3v) is 3.25. The van der Waals surface area contributed by atoms with Crippen molar-refractivity contribution in [1.82, 2.24) is 15.4 Å². The molecule has 0 aromatic carbocycles. The van der Waals surface area contributed by atoms with E-state index in [2.05, 4.69) is 22.3 Å². The van der Waals surface area contributed by atoms with Gasteiger partial charge in [-0.2, -0.15) is 15.4 Å². The first kappa shape index (κ1) is 9.69. The number of hydrogen-bond acceptors (Lipinski definition) is 2. The summed E-state index contributed by atoms with van der Waals surface area (Å²) in [5.74, 6) is 0.661. The molecule has 14 heavy (non-hydrogen) atoms. The van der Waals surface area contributed by atoms with Gasteiger partial charge in [-0.1, -0.05) is 32.1 Å². The van der Waals surface area contributed by atoms with E-state index in [1.807, 2.05) is 0 Å². The van der Waals surface area contributed by atoms with E-state index in [0.29, 0.717) is 5.92 Å². The summed E-state index contributed by atoms with van der Waals surface area (Å²) < 4.78 is 0. The summed E-state index contributed by atoms with van der Waals surface area (Å²) in [5, 5.41) is 11.1. The van der Waals surface area contributed by atoms with Gasteiger partial charge < -0.3 is 0 Å². The van der Waals surface area contributed by atoms with Gasteiger partial charge in [0, 0.05) is 5.92 Å². The largest absolute Gasteiger partial charge is 0.197 e. The second-order valence-electron chi connectivity index (χ2n) is 4.34. The van der Waals surface area contributed by atoms with Gasteiger partial charge in [0.1, 0.15) is 0 Å². The molecule has 2 rings (SSSR count). The van der Waals surface area contributed by atoms with Gasteiger partial charge in [-0.25, -0.2) is 0 Å². The maximum atomic E-state index is 4.28. The fraction of sp³-hybridized carbons (Fsp3) is 0.818. The Morgan fingerprint density at radius 2 is 1.64 bits per heavy atom. The van der Waals surface area contributed by atoms with Crippen molar-refractivity contribution in [2.24, 2.45) is 0 Å². The minimum atomic E-state index is 0.661. The standard InChI is InChI=1S/C11H19N3/c1-9-11(13-14-12-9)10-7-5-3-2-4-6-8-10/h10H,2-8H2,1H3,(H,12,13,14). The van der Waals surface area contributed by atoms with Crippen molar-refractivity contribution in [3.05, 3.63) is 11.4 Å². The summed E-state index contributed by atoms with van der Waals surface area (Å²) in [7, 11) is 0. The Hall–Kier alpha value is -0.860. The molecule has 0 aliphatic heterocycles. The summed E-state index contributed by atoms with van der Waals surface area (Å²) in [6.07, 6.45) is 9.53. The molecule has 0 atom stereocenters. The number of aryl methyl sites for hydroxylation is 1. The lowest BCUT2D eigenvalue weighted by atomic mass is 9.88. The molecule has 1 aromatic heterocycles. The van der Waals surface area contributed by atoms with Crippen LogP contribution in [0.5, 0.6) is 0 Å². The number of H-pyrrole nitrogens is 1. The summed E-state index contributed by atoms with van der Waals surface area (Å²) in [5.41, 5.74) is 2.31. The number of nitrogens with zero attached hydrogens (tertiary/aromatic N) is 2. The van der Waals surface area contributed by atoms with E-state index in [4.69, 9.17) is 0 Å². The Bertz CT molecular complexity index is 272. The van der Waals surface area contributed by atoms with Crippen molar-refractivity contribution in [3.63, 3.8) is 0 Å². The highest BCUT2D eigenvalue weighted by Gasteiger charge is 2.18. The van der Waals surface area contributed by atoms with Gasteiger partial charge >= 0.3 is 0 Å². The third kappa shape index (κ3) is 2.14. The van der Waals surface area contributed by atoms with Crippen molar-refractivity contribution < 1.29 is 0 Å². The molecule has 3 heteroatoms. The lowest BCUT2D eigenvalue weighted by Crippen LogP contribution is -2.04. The van der Waals surface area contributed by atoms with Gasteiger partial charge in [-0.05, 0) is 19.8 Å². The topological polar surface area (TPSA) is 41.6 Å². The molecule has 0 spiro atoms. The van der Waals surface area contributed by atoms with Crippen molar-refractivity contribution in [3.8, 4) is 0 Å². The van der Waals surface area contributed by atoms with Crippen LogP contribution < -0.4 is 0 Å². The summed E-state index contributed by atoms with van der Waals surface area (Å²) >= 11 is 0. The molecule has 1 N–H and O–H groups in total. The second-order valence-corrected chi connectivity index (χ2v) is 4.34. The van der Waals surface area contributed by atoms with Crippen LogP contribution in [0.3, 0.4) is 0 Å². The van der Waals surface area contributed by atoms with Crippen LogP contribution in [-0.4, -0.2) is 15.4 Å². The fourth-order valence-corrected chi connectivity index (χ4v) is 2.41. The Balaban J connectivity index is 2.04. The molecule has 1 fully saturated rings. The molecule has 0 saturated heterocycles. The van der Waals surface area contributed by atoms with Gasteiger partial charge in [0.15, 0.2) is 0 Å². The number of rotatable bonds is 1. The minimum Gasteiger partial charge on any atom is -0.197 e. The first-order chi connectivity index (χ1) is 6.88. The highest BCUT2D eigenvalue weighted by molar-refractivity contribution is 5.12. The molecule has 1 aliphatic carbocycles. The predicted molar refractivity (Wildman–Crippen MR) is 56.2 cm³/mol. The van der Waals surface area contributed by atoms with E-state index in [9.17, 15) is 0 Å². The molecular formula is C11H19N3. The van der Waals surface area contributed by atoms with Crippen molar-refractivity contribution in [2.75, 3.05) is 0 Å². The zero-order valence-electron chi connectivity index (χ0n) is 8.92. The zero-order valence-corrected chi connectivity index (χ0v) is 8.92. The third-order valence-electron chi connectivity index (χ3n) is 3.25. The Morgan fingerprint density at radius 3 is 2.21 bits per heavy atom. The Kier molecular flexibility index (Phi) is 3.17. The SMILES string of the molecule is Cc1n[nH]nc1C1CCCCCCC1. The molecular weight excluding hydrogens is 174 g/mol. The molecule has 78 valence electrons. The van der Waals surface area contributed by atoms with Crippen LogP contribution in [0.2, 0.25) is 0 Å². The highest BCUT2D eigenvalue weighted by Crippen LogP contribution is 2.30. The summed E-state index contributed by atoms with van der Waals surface area (Å²) in [4.78, 5) is 0. The average molecular weight is 193 g/mol. The first-order valence-electron chi connectivity index (χ1n) is 5.75. The number of hydrogen-bond donors (Lipinski definition) is 1. The van der Waals surface area contributed by atoms with Crippen LogP contribution in [0, 0.1) is 6.92 Å². The molecule has 1 saturated carbocycles. The van der Waals surface area contributed by atoms with Gasteiger partial charge in [-0.3, -0.25) is 0 Å². The predicted octanol–water partition coefficient (Wildman–Crippen LogP) is 2.94. The molecule has 1 aromatic rings. The lowest BCUT2D eigenvalue weighted by molar-refractivity contribution is 0.448. The summed E-state index contributed by atoms with van der Waals surface area (Å²) in [6, 6.07) is 0. The molecule has 0 radical (unpaired) electrons. The number of nitrogens with one attached hydrogen (secondary N) is 1. The van der Waals surface area contributed by atoms with Gasteiger partial charge in [-0.15, -0.1) is 0 Å². The second kappa shape index (κ2) is 4.58. The smallest absolute Gasteiger partial charge is 0.0884 e.